The summed E-state index contributed by atoms with van der Waals surface area (Å²) in [7, 11) is 0. The highest BCUT2D eigenvalue weighted by atomic mass is 16.5. The summed E-state index contributed by atoms with van der Waals surface area (Å²) in [6.07, 6.45) is 7.46. The van der Waals surface area contributed by atoms with E-state index in [0.29, 0.717) is 6.61 Å². The molecule has 1 aliphatic rings. The zero-order valence-corrected chi connectivity index (χ0v) is 11.6. The van der Waals surface area contributed by atoms with Gasteiger partial charge >= 0.3 is 5.97 Å². The maximum absolute atomic E-state index is 11.8. The number of aliphatic hydroxyl groups excluding tert-OH is 1. The van der Waals surface area contributed by atoms with E-state index < -0.39 is 0 Å². The van der Waals surface area contributed by atoms with Crippen LogP contribution in [0.4, 0.5) is 0 Å². The minimum Gasteiger partial charge on any atom is -0.465 e. The number of carbonyl (C=O) groups excluding carboxylic acids is 1. The first-order chi connectivity index (χ1) is 8.79. The molecule has 1 saturated heterocycles. The molecule has 1 unspecified atom stereocenters. The van der Waals surface area contributed by atoms with Gasteiger partial charge in [-0.05, 0) is 45.7 Å². The van der Waals surface area contributed by atoms with Gasteiger partial charge in [0, 0.05) is 6.61 Å². The molecule has 106 valence electrons. The Bertz CT molecular complexity index is 233. The monoisotopic (exact) mass is 257 g/mol. The van der Waals surface area contributed by atoms with Gasteiger partial charge in [0.15, 0.2) is 0 Å². The van der Waals surface area contributed by atoms with E-state index in [1.165, 1.54) is 6.42 Å². The Labute approximate surface area is 110 Å². The van der Waals surface area contributed by atoms with Crippen molar-refractivity contribution in [1.82, 2.24) is 4.90 Å². The summed E-state index contributed by atoms with van der Waals surface area (Å²) >= 11 is 0. The lowest BCUT2D eigenvalue weighted by molar-refractivity contribution is -0.150. The molecule has 0 saturated carbocycles. The van der Waals surface area contributed by atoms with Crippen molar-refractivity contribution in [3.8, 4) is 0 Å². The van der Waals surface area contributed by atoms with Crippen LogP contribution in [-0.4, -0.2) is 48.3 Å². The number of likely N-dealkylation sites (tertiary alicyclic amines) is 1. The second kappa shape index (κ2) is 9.34. The van der Waals surface area contributed by atoms with Gasteiger partial charge in [-0.1, -0.05) is 19.3 Å². The van der Waals surface area contributed by atoms with Crippen LogP contribution in [0.3, 0.4) is 0 Å². The van der Waals surface area contributed by atoms with E-state index >= 15 is 0 Å². The summed E-state index contributed by atoms with van der Waals surface area (Å²) in [6, 6.07) is -0.0171. The van der Waals surface area contributed by atoms with Crippen molar-refractivity contribution in [2.75, 3.05) is 26.3 Å². The molecule has 1 N–H and O–H groups in total. The number of unbranched alkanes of at least 4 members (excludes halogenated alkanes) is 3. The molecule has 18 heavy (non-hydrogen) atoms. The lowest BCUT2D eigenvalue weighted by atomic mass is 10.0. The van der Waals surface area contributed by atoms with Crippen molar-refractivity contribution < 1.29 is 14.6 Å². The van der Waals surface area contributed by atoms with E-state index in [0.717, 1.165) is 51.6 Å². The average Bonchev–Trinajstić information content (AvgIpc) is 2.39. The summed E-state index contributed by atoms with van der Waals surface area (Å²) in [6.45, 7) is 4.62. The maximum atomic E-state index is 11.8. The predicted octanol–water partition coefficient (Wildman–Crippen LogP) is 1.96. The van der Waals surface area contributed by atoms with Crippen LogP contribution in [0.15, 0.2) is 0 Å². The molecule has 4 heteroatoms. The lowest BCUT2D eigenvalue weighted by Gasteiger charge is -2.33. The van der Waals surface area contributed by atoms with E-state index in [-0.39, 0.29) is 18.6 Å². The van der Waals surface area contributed by atoms with Gasteiger partial charge in [-0.3, -0.25) is 9.69 Å². The number of aliphatic hydroxyl groups is 1. The number of hydrogen-bond donors (Lipinski definition) is 1. The molecular formula is C14H27NO3. The summed E-state index contributed by atoms with van der Waals surface area (Å²) in [5.74, 6) is -0.0486. The molecule has 0 aromatic heterocycles. The van der Waals surface area contributed by atoms with Gasteiger partial charge in [0.1, 0.15) is 6.04 Å². The molecule has 1 heterocycles. The average molecular weight is 257 g/mol. The van der Waals surface area contributed by atoms with Crippen molar-refractivity contribution in [1.29, 1.82) is 0 Å². The fraction of sp³-hybridized carbons (Fsp3) is 0.929. The van der Waals surface area contributed by atoms with Gasteiger partial charge in [0.05, 0.1) is 6.61 Å². The number of esters is 1. The fourth-order valence-electron chi connectivity index (χ4n) is 2.54. The first-order valence-electron chi connectivity index (χ1n) is 7.31. The third-order valence-corrected chi connectivity index (χ3v) is 3.53. The Morgan fingerprint density at radius 1 is 1.28 bits per heavy atom. The molecule has 0 amide bonds. The highest BCUT2D eigenvalue weighted by Crippen LogP contribution is 2.19. The van der Waals surface area contributed by atoms with Crippen LogP contribution < -0.4 is 0 Å². The summed E-state index contributed by atoms with van der Waals surface area (Å²) < 4.78 is 5.14. The zero-order chi connectivity index (χ0) is 13.2. The van der Waals surface area contributed by atoms with Crippen LogP contribution in [0.25, 0.3) is 0 Å². The van der Waals surface area contributed by atoms with Gasteiger partial charge in [-0.25, -0.2) is 0 Å². The van der Waals surface area contributed by atoms with E-state index in [9.17, 15) is 4.79 Å². The predicted molar refractivity (Wildman–Crippen MR) is 71.4 cm³/mol. The minimum atomic E-state index is -0.0486. The SMILES string of the molecule is CCOC(=O)C1CCCCN1CCCCCCO. The molecule has 1 rings (SSSR count). The number of ether oxygens (including phenoxy) is 1. The van der Waals surface area contributed by atoms with Crippen molar-refractivity contribution >= 4 is 5.97 Å². The first kappa shape index (κ1) is 15.4. The number of rotatable bonds is 8. The van der Waals surface area contributed by atoms with E-state index in [4.69, 9.17) is 9.84 Å². The fourth-order valence-corrected chi connectivity index (χ4v) is 2.54. The minimum absolute atomic E-state index is 0.0171. The lowest BCUT2D eigenvalue weighted by Crippen LogP contribution is -2.45. The van der Waals surface area contributed by atoms with Crippen molar-refractivity contribution in [2.24, 2.45) is 0 Å². The van der Waals surface area contributed by atoms with Crippen LogP contribution in [-0.2, 0) is 9.53 Å². The molecule has 0 bridgehead atoms. The molecule has 0 radical (unpaired) electrons. The highest BCUT2D eigenvalue weighted by molar-refractivity contribution is 5.75. The quantitative estimate of drug-likeness (QED) is 0.533. The van der Waals surface area contributed by atoms with E-state index in [2.05, 4.69) is 4.90 Å². The van der Waals surface area contributed by atoms with Crippen LogP contribution >= 0.6 is 0 Å². The summed E-state index contributed by atoms with van der Waals surface area (Å²) in [5.41, 5.74) is 0. The Kier molecular flexibility index (Phi) is 8.01. The number of nitrogens with zero attached hydrogens (tertiary/aromatic N) is 1. The molecule has 0 spiro atoms. The van der Waals surface area contributed by atoms with Crippen molar-refractivity contribution in [3.05, 3.63) is 0 Å². The van der Waals surface area contributed by atoms with Crippen molar-refractivity contribution in [3.63, 3.8) is 0 Å². The summed E-state index contributed by atoms with van der Waals surface area (Å²) in [5, 5.41) is 8.72. The van der Waals surface area contributed by atoms with Crippen LogP contribution in [0, 0.1) is 0 Å². The molecule has 1 atom stereocenters. The molecule has 4 nitrogen and oxygen atoms in total. The Morgan fingerprint density at radius 2 is 2.06 bits per heavy atom. The van der Waals surface area contributed by atoms with Gasteiger partial charge in [0.25, 0.3) is 0 Å². The zero-order valence-electron chi connectivity index (χ0n) is 11.6. The van der Waals surface area contributed by atoms with Gasteiger partial charge < -0.3 is 9.84 Å². The number of carbonyl (C=O) groups is 1. The second-order valence-electron chi connectivity index (χ2n) is 4.94. The van der Waals surface area contributed by atoms with E-state index in [1.54, 1.807) is 0 Å². The molecular weight excluding hydrogens is 230 g/mol. The highest BCUT2D eigenvalue weighted by Gasteiger charge is 2.28. The second-order valence-corrected chi connectivity index (χ2v) is 4.94. The molecule has 0 aromatic rings. The Hall–Kier alpha value is -0.610. The maximum Gasteiger partial charge on any atom is 0.323 e. The van der Waals surface area contributed by atoms with Gasteiger partial charge in [0.2, 0.25) is 0 Å². The number of piperidine rings is 1. The van der Waals surface area contributed by atoms with Crippen LogP contribution in [0.1, 0.15) is 51.9 Å². The number of hydrogen-bond acceptors (Lipinski definition) is 4. The Morgan fingerprint density at radius 3 is 2.78 bits per heavy atom. The normalized spacial score (nSPS) is 20.9. The smallest absolute Gasteiger partial charge is 0.323 e. The van der Waals surface area contributed by atoms with Gasteiger partial charge in [-0.2, -0.15) is 0 Å². The standard InChI is InChI=1S/C14H27NO3/c1-2-18-14(17)13-9-5-7-11-15(13)10-6-3-4-8-12-16/h13,16H,2-12H2,1H3. The molecule has 0 aromatic carbocycles. The largest absolute Gasteiger partial charge is 0.465 e. The molecule has 0 aliphatic carbocycles. The Balaban J connectivity index is 2.28. The van der Waals surface area contributed by atoms with Crippen LogP contribution in [0.2, 0.25) is 0 Å². The molecule has 1 fully saturated rings. The van der Waals surface area contributed by atoms with Crippen molar-refractivity contribution in [2.45, 2.75) is 57.9 Å². The third-order valence-electron chi connectivity index (χ3n) is 3.53. The van der Waals surface area contributed by atoms with Crippen LogP contribution in [0.5, 0.6) is 0 Å². The first-order valence-corrected chi connectivity index (χ1v) is 7.31. The van der Waals surface area contributed by atoms with E-state index in [1.807, 2.05) is 6.92 Å². The molecule has 1 aliphatic heterocycles. The topological polar surface area (TPSA) is 49.8 Å². The third kappa shape index (κ3) is 5.36. The summed E-state index contributed by atoms with van der Waals surface area (Å²) in [4.78, 5) is 14.1. The van der Waals surface area contributed by atoms with Gasteiger partial charge in [-0.15, -0.1) is 0 Å².